The summed E-state index contributed by atoms with van der Waals surface area (Å²) in [5, 5.41) is 14.4. The highest BCUT2D eigenvalue weighted by molar-refractivity contribution is 7.91. The van der Waals surface area contributed by atoms with Crippen molar-refractivity contribution in [3.63, 3.8) is 0 Å². The maximum atomic E-state index is 12.2. The monoisotopic (exact) mass is 440 g/mol. The Balaban J connectivity index is 1.41. The van der Waals surface area contributed by atoms with Gasteiger partial charge in [0.1, 0.15) is 5.75 Å². The molecule has 9 heteroatoms. The van der Waals surface area contributed by atoms with Crippen LogP contribution < -0.4 is 5.32 Å². The van der Waals surface area contributed by atoms with Crippen LogP contribution in [0.5, 0.6) is 0 Å². The molecule has 0 aliphatic heterocycles. The van der Waals surface area contributed by atoms with Gasteiger partial charge in [0.2, 0.25) is 5.91 Å². The molecule has 0 spiro atoms. The van der Waals surface area contributed by atoms with Crippen LogP contribution in [0.25, 0.3) is 11.3 Å². The largest absolute Gasteiger partial charge is 0.355 e. The summed E-state index contributed by atoms with van der Waals surface area (Å²) in [6.45, 7) is 0.384. The Bertz CT molecular complexity index is 1130. The SMILES string of the molecule is N#Cc1ccc(CS(=O)(=O)CC(=O)NCCCc2nc(-c3ccncc3)cs2)cc1. The lowest BCUT2D eigenvalue weighted by molar-refractivity contribution is -0.118. The van der Waals surface area contributed by atoms with E-state index in [0.29, 0.717) is 30.5 Å². The number of rotatable bonds is 9. The van der Waals surface area contributed by atoms with Crippen molar-refractivity contribution in [3.8, 4) is 17.3 Å². The molecule has 154 valence electrons. The molecule has 0 radical (unpaired) electrons. The second-order valence-electron chi connectivity index (χ2n) is 6.66. The van der Waals surface area contributed by atoms with E-state index >= 15 is 0 Å². The Hall–Kier alpha value is -3.09. The maximum Gasteiger partial charge on any atom is 0.235 e. The number of hydrogen-bond acceptors (Lipinski definition) is 7. The van der Waals surface area contributed by atoms with Crippen molar-refractivity contribution in [2.24, 2.45) is 0 Å². The first-order valence-corrected chi connectivity index (χ1v) is 12.0. The maximum absolute atomic E-state index is 12.2. The number of carbonyl (C=O) groups is 1. The standard InChI is InChI=1S/C21H20N4O3S2/c22-12-16-3-5-17(6-4-16)14-30(27,28)15-20(26)24-9-1-2-21-25-19(13-29-21)18-7-10-23-11-8-18/h3-8,10-11,13H,1-2,9,14-15H2,(H,24,26). The van der Waals surface area contributed by atoms with Crippen LogP contribution in [0.3, 0.4) is 0 Å². The van der Waals surface area contributed by atoms with Crippen molar-refractivity contribution in [2.45, 2.75) is 18.6 Å². The van der Waals surface area contributed by atoms with E-state index in [9.17, 15) is 13.2 Å². The molecule has 0 fully saturated rings. The molecule has 0 atom stereocenters. The van der Waals surface area contributed by atoms with Gasteiger partial charge in [-0.05, 0) is 36.2 Å². The van der Waals surface area contributed by atoms with E-state index in [4.69, 9.17) is 5.26 Å². The minimum Gasteiger partial charge on any atom is -0.355 e. The van der Waals surface area contributed by atoms with Gasteiger partial charge in [0, 0.05) is 36.3 Å². The summed E-state index contributed by atoms with van der Waals surface area (Å²) in [4.78, 5) is 20.6. The van der Waals surface area contributed by atoms with E-state index in [1.165, 1.54) is 0 Å². The molecule has 0 bridgehead atoms. The molecule has 0 aliphatic carbocycles. The quantitative estimate of drug-likeness (QED) is 0.512. The third-order valence-electron chi connectivity index (χ3n) is 4.24. The molecule has 1 aromatic carbocycles. The van der Waals surface area contributed by atoms with Crippen molar-refractivity contribution >= 4 is 27.1 Å². The first-order chi connectivity index (χ1) is 14.4. The molecule has 30 heavy (non-hydrogen) atoms. The minimum atomic E-state index is -3.58. The first kappa shape index (κ1) is 21.6. The zero-order valence-electron chi connectivity index (χ0n) is 16.1. The number of aryl methyl sites for hydroxylation is 1. The molecule has 1 amide bonds. The highest BCUT2D eigenvalue weighted by Crippen LogP contribution is 2.21. The van der Waals surface area contributed by atoms with Gasteiger partial charge in [0.15, 0.2) is 9.84 Å². The normalized spacial score (nSPS) is 11.0. The highest BCUT2D eigenvalue weighted by Gasteiger charge is 2.17. The van der Waals surface area contributed by atoms with Gasteiger partial charge in [-0.1, -0.05) is 12.1 Å². The number of pyridine rings is 1. The fourth-order valence-electron chi connectivity index (χ4n) is 2.78. The molecule has 2 heterocycles. The fourth-order valence-corrected chi connectivity index (χ4v) is 4.93. The van der Waals surface area contributed by atoms with Crippen LogP contribution in [0.2, 0.25) is 0 Å². The lowest BCUT2D eigenvalue weighted by Gasteiger charge is -2.06. The van der Waals surface area contributed by atoms with Crippen LogP contribution in [-0.2, 0) is 26.8 Å². The summed E-state index contributed by atoms with van der Waals surface area (Å²) >= 11 is 1.56. The average Bonchev–Trinajstić information content (AvgIpc) is 3.21. The predicted molar refractivity (Wildman–Crippen MR) is 115 cm³/mol. The zero-order chi connectivity index (χ0) is 21.4. The number of amides is 1. The highest BCUT2D eigenvalue weighted by atomic mass is 32.2. The van der Waals surface area contributed by atoms with E-state index in [1.807, 2.05) is 23.6 Å². The Morgan fingerprint density at radius 3 is 2.57 bits per heavy atom. The third-order valence-corrected chi connectivity index (χ3v) is 6.62. The van der Waals surface area contributed by atoms with Crippen molar-refractivity contribution in [1.29, 1.82) is 5.26 Å². The van der Waals surface area contributed by atoms with E-state index in [0.717, 1.165) is 16.3 Å². The Kier molecular flexibility index (Phi) is 7.27. The van der Waals surface area contributed by atoms with Gasteiger partial charge < -0.3 is 5.32 Å². The van der Waals surface area contributed by atoms with Gasteiger partial charge in [0.25, 0.3) is 0 Å². The minimum absolute atomic E-state index is 0.233. The number of benzene rings is 1. The topological polar surface area (TPSA) is 113 Å². The Morgan fingerprint density at radius 1 is 1.13 bits per heavy atom. The van der Waals surface area contributed by atoms with Crippen molar-refractivity contribution in [1.82, 2.24) is 15.3 Å². The summed E-state index contributed by atoms with van der Waals surface area (Å²) in [7, 11) is -3.58. The van der Waals surface area contributed by atoms with E-state index in [1.54, 1.807) is 48.0 Å². The van der Waals surface area contributed by atoms with Crippen LogP contribution in [0.1, 0.15) is 22.6 Å². The second kappa shape index (κ2) is 10.1. The van der Waals surface area contributed by atoms with E-state index < -0.39 is 21.5 Å². The number of thiazole rings is 1. The molecule has 1 N–H and O–H groups in total. The molecule has 0 saturated heterocycles. The molecule has 2 aromatic heterocycles. The molecule has 3 rings (SSSR count). The van der Waals surface area contributed by atoms with Gasteiger partial charge in [-0.25, -0.2) is 13.4 Å². The van der Waals surface area contributed by atoms with Crippen molar-refractivity contribution < 1.29 is 13.2 Å². The molecule has 0 unspecified atom stereocenters. The summed E-state index contributed by atoms with van der Waals surface area (Å²) < 4.78 is 24.4. The Morgan fingerprint density at radius 2 is 1.87 bits per heavy atom. The van der Waals surface area contributed by atoms with Gasteiger partial charge in [0.05, 0.1) is 28.1 Å². The van der Waals surface area contributed by atoms with Crippen molar-refractivity contribution in [2.75, 3.05) is 12.3 Å². The lowest BCUT2D eigenvalue weighted by atomic mass is 10.2. The van der Waals surface area contributed by atoms with Gasteiger partial charge in [-0.2, -0.15) is 5.26 Å². The second-order valence-corrected chi connectivity index (χ2v) is 9.66. The number of sulfone groups is 1. The van der Waals surface area contributed by atoms with Gasteiger partial charge in [-0.3, -0.25) is 9.78 Å². The van der Waals surface area contributed by atoms with Gasteiger partial charge in [-0.15, -0.1) is 11.3 Å². The first-order valence-electron chi connectivity index (χ1n) is 9.26. The lowest BCUT2D eigenvalue weighted by Crippen LogP contribution is -2.31. The van der Waals surface area contributed by atoms with E-state index in [2.05, 4.69) is 15.3 Å². The molecular weight excluding hydrogens is 420 g/mol. The van der Waals surface area contributed by atoms with E-state index in [-0.39, 0.29) is 5.75 Å². The number of nitrogens with one attached hydrogen (secondary N) is 1. The summed E-state index contributed by atoms with van der Waals surface area (Å²) in [6, 6.07) is 12.1. The summed E-state index contributed by atoms with van der Waals surface area (Å²) in [5.41, 5.74) is 2.92. The number of nitrogens with zero attached hydrogens (tertiary/aromatic N) is 3. The summed E-state index contributed by atoms with van der Waals surface area (Å²) in [5.74, 6) is -1.31. The predicted octanol–water partition coefficient (Wildman–Crippen LogP) is 2.74. The van der Waals surface area contributed by atoms with Crippen LogP contribution in [0, 0.1) is 11.3 Å². The van der Waals surface area contributed by atoms with Crippen LogP contribution in [0.4, 0.5) is 0 Å². The van der Waals surface area contributed by atoms with Crippen LogP contribution >= 0.6 is 11.3 Å². The number of nitriles is 1. The molecular formula is C21H20N4O3S2. The molecule has 7 nitrogen and oxygen atoms in total. The fraction of sp³-hybridized carbons (Fsp3) is 0.238. The average molecular weight is 441 g/mol. The smallest absolute Gasteiger partial charge is 0.235 e. The molecule has 0 aliphatic rings. The van der Waals surface area contributed by atoms with Crippen molar-refractivity contribution in [3.05, 3.63) is 70.3 Å². The third kappa shape index (κ3) is 6.47. The zero-order valence-corrected chi connectivity index (χ0v) is 17.7. The summed E-state index contributed by atoms with van der Waals surface area (Å²) in [6.07, 6.45) is 4.82. The number of hydrogen-bond donors (Lipinski definition) is 1. The molecule has 0 saturated carbocycles. The van der Waals surface area contributed by atoms with Crippen LogP contribution in [-0.4, -0.2) is 36.6 Å². The van der Waals surface area contributed by atoms with Crippen LogP contribution in [0.15, 0.2) is 54.2 Å². The van der Waals surface area contributed by atoms with Gasteiger partial charge >= 0.3 is 0 Å². The molecule has 3 aromatic rings. The number of aromatic nitrogens is 2. The number of carbonyl (C=O) groups excluding carboxylic acids is 1. The Labute approximate surface area is 179 Å².